The molecule has 0 aromatic rings. The molecule has 0 saturated carbocycles. The van der Waals surface area contributed by atoms with Crippen molar-refractivity contribution >= 4 is 0 Å². The van der Waals surface area contributed by atoms with Crippen LogP contribution in [0.4, 0.5) is 0 Å². The number of rotatable bonds is 6. The minimum atomic E-state index is -1.60. The fraction of sp³-hybridized carbons (Fsp3) is 0.667. The van der Waals surface area contributed by atoms with E-state index in [4.69, 9.17) is 21.0 Å². The molecule has 0 heterocycles. The fourth-order valence-electron chi connectivity index (χ4n) is 1.36. The van der Waals surface area contributed by atoms with Crippen molar-refractivity contribution in [2.75, 3.05) is 0 Å². The molecule has 0 rings (SSSR count). The molecule has 6 nitrogen and oxygen atoms in total. The van der Waals surface area contributed by atoms with Crippen LogP contribution in [0.15, 0.2) is 10.2 Å². The van der Waals surface area contributed by atoms with E-state index in [0.717, 1.165) is 0 Å². The Morgan fingerprint density at radius 2 is 1.00 bits per heavy atom. The third-order valence-electron chi connectivity index (χ3n) is 2.35. The molecule has 18 heavy (non-hydrogen) atoms. The summed E-state index contributed by atoms with van der Waals surface area (Å²) < 4.78 is 0. The first-order valence-electron chi connectivity index (χ1n) is 5.66. The minimum Gasteiger partial charge on any atom is -0.194 e. The lowest BCUT2D eigenvalue weighted by Gasteiger charge is -2.14. The SMILES string of the molecule is CCCC(C#N)(C#N)N=NC(C#N)(C#N)CCC. The maximum absolute atomic E-state index is 8.99. The van der Waals surface area contributed by atoms with Gasteiger partial charge in [0.05, 0.1) is 0 Å². The zero-order valence-corrected chi connectivity index (χ0v) is 10.5. The maximum atomic E-state index is 8.99. The molecule has 0 unspecified atom stereocenters. The van der Waals surface area contributed by atoms with Crippen LogP contribution in [0.5, 0.6) is 0 Å². The van der Waals surface area contributed by atoms with Crippen LogP contribution in [0.3, 0.4) is 0 Å². The Labute approximate surface area is 107 Å². The topological polar surface area (TPSA) is 120 Å². The summed E-state index contributed by atoms with van der Waals surface area (Å²) in [5.41, 5.74) is -3.19. The molecule has 0 aliphatic heterocycles. The third kappa shape index (κ3) is 3.55. The van der Waals surface area contributed by atoms with Crippen molar-refractivity contribution in [1.82, 2.24) is 0 Å². The van der Waals surface area contributed by atoms with Gasteiger partial charge in [0.1, 0.15) is 24.3 Å². The standard InChI is InChI=1S/C12H14N6/c1-3-5-11(7-13,8-14)17-18-12(9-15,10-16)6-4-2/h3-6H2,1-2H3. The number of azo groups is 1. The molecule has 0 atom stereocenters. The average molecular weight is 242 g/mol. The molecule has 0 saturated heterocycles. The van der Waals surface area contributed by atoms with Gasteiger partial charge in [-0.1, -0.05) is 26.7 Å². The summed E-state index contributed by atoms with van der Waals surface area (Å²) in [5, 5.41) is 43.3. The molecule has 0 bridgehead atoms. The van der Waals surface area contributed by atoms with Gasteiger partial charge in [0.15, 0.2) is 0 Å². The second-order valence-corrected chi connectivity index (χ2v) is 3.87. The zero-order valence-electron chi connectivity index (χ0n) is 10.5. The third-order valence-corrected chi connectivity index (χ3v) is 2.35. The number of hydrogen-bond acceptors (Lipinski definition) is 6. The lowest BCUT2D eigenvalue weighted by Crippen LogP contribution is -2.26. The second-order valence-electron chi connectivity index (χ2n) is 3.87. The Balaban J connectivity index is 5.35. The van der Waals surface area contributed by atoms with Gasteiger partial charge < -0.3 is 0 Å². The summed E-state index contributed by atoms with van der Waals surface area (Å²) in [5.74, 6) is 0. The molecular weight excluding hydrogens is 228 g/mol. The van der Waals surface area contributed by atoms with Crippen LogP contribution in [0.1, 0.15) is 39.5 Å². The van der Waals surface area contributed by atoms with E-state index in [9.17, 15) is 0 Å². The van der Waals surface area contributed by atoms with Crippen molar-refractivity contribution in [3.05, 3.63) is 0 Å². The van der Waals surface area contributed by atoms with E-state index in [1.54, 1.807) is 24.3 Å². The van der Waals surface area contributed by atoms with Gasteiger partial charge in [-0.25, -0.2) is 0 Å². The summed E-state index contributed by atoms with van der Waals surface area (Å²) in [6.07, 6.45) is 1.62. The van der Waals surface area contributed by atoms with Crippen LogP contribution in [0.25, 0.3) is 0 Å². The van der Waals surface area contributed by atoms with E-state index in [1.807, 2.05) is 13.8 Å². The molecule has 0 spiro atoms. The van der Waals surface area contributed by atoms with Crippen LogP contribution in [0.2, 0.25) is 0 Å². The Bertz CT molecular complexity index is 393. The molecule has 0 aromatic heterocycles. The van der Waals surface area contributed by atoms with Crippen LogP contribution in [-0.2, 0) is 0 Å². The highest BCUT2D eigenvalue weighted by Gasteiger charge is 2.34. The quantitative estimate of drug-likeness (QED) is 0.664. The van der Waals surface area contributed by atoms with E-state index in [1.165, 1.54) is 0 Å². The highest BCUT2D eigenvalue weighted by Crippen LogP contribution is 2.22. The molecule has 6 heteroatoms. The Kier molecular flexibility index (Phi) is 6.05. The number of nitriles is 4. The van der Waals surface area contributed by atoms with E-state index < -0.39 is 11.1 Å². The van der Waals surface area contributed by atoms with Gasteiger partial charge in [-0.2, -0.15) is 31.3 Å². The first-order valence-corrected chi connectivity index (χ1v) is 5.66. The van der Waals surface area contributed by atoms with Gasteiger partial charge in [0, 0.05) is 12.8 Å². The van der Waals surface area contributed by atoms with Gasteiger partial charge >= 0.3 is 0 Å². The Morgan fingerprint density at radius 1 is 0.722 bits per heavy atom. The van der Waals surface area contributed by atoms with Crippen LogP contribution in [0, 0.1) is 45.3 Å². The molecule has 0 aliphatic carbocycles. The normalized spacial score (nSPS) is 11.2. The number of hydrogen-bond donors (Lipinski definition) is 0. The Hall–Kier alpha value is -2.44. The van der Waals surface area contributed by atoms with Gasteiger partial charge in [0.25, 0.3) is 11.1 Å². The van der Waals surface area contributed by atoms with Gasteiger partial charge in [-0.3, -0.25) is 0 Å². The van der Waals surface area contributed by atoms with Crippen molar-refractivity contribution in [2.24, 2.45) is 10.2 Å². The molecule has 0 N–H and O–H groups in total. The number of nitrogens with zero attached hydrogens (tertiary/aromatic N) is 6. The van der Waals surface area contributed by atoms with E-state index >= 15 is 0 Å². The first-order chi connectivity index (χ1) is 8.57. The summed E-state index contributed by atoms with van der Waals surface area (Å²) >= 11 is 0. The molecule has 0 aromatic carbocycles. The van der Waals surface area contributed by atoms with E-state index in [2.05, 4.69) is 10.2 Å². The van der Waals surface area contributed by atoms with Crippen molar-refractivity contribution < 1.29 is 0 Å². The predicted octanol–water partition coefficient (Wildman–Crippen LogP) is 2.61. The van der Waals surface area contributed by atoms with Crippen molar-refractivity contribution in [3.63, 3.8) is 0 Å². The summed E-state index contributed by atoms with van der Waals surface area (Å²) in [6, 6.07) is 7.15. The molecule has 0 fully saturated rings. The monoisotopic (exact) mass is 242 g/mol. The van der Waals surface area contributed by atoms with Crippen molar-refractivity contribution in [1.29, 1.82) is 21.0 Å². The van der Waals surface area contributed by atoms with Gasteiger partial charge in [0.2, 0.25) is 0 Å². The smallest absolute Gasteiger partial charge is 0.194 e. The predicted molar refractivity (Wildman–Crippen MR) is 62.6 cm³/mol. The van der Waals surface area contributed by atoms with Gasteiger partial charge in [-0.05, 0) is 0 Å². The summed E-state index contributed by atoms with van der Waals surface area (Å²) in [4.78, 5) is 0. The lowest BCUT2D eigenvalue weighted by atomic mass is 9.97. The molecule has 0 radical (unpaired) electrons. The van der Waals surface area contributed by atoms with Crippen molar-refractivity contribution in [3.8, 4) is 24.3 Å². The summed E-state index contributed by atoms with van der Waals surface area (Å²) in [7, 11) is 0. The molecule has 92 valence electrons. The first kappa shape index (κ1) is 15.6. The van der Waals surface area contributed by atoms with Gasteiger partial charge in [-0.15, -0.1) is 0 Å². The molecular formula is C12H14N6. The van der Waals surface area contributed by atoms with E-state index in [-0.39, 0.29) is 12.8 Å². The zero-order chi connectivity index (χ0) is 14.1. The maximum Gasteiger partial charge on any atom is 0.251 e. The van der Waals surface area contributed by atoms with Crippen LogP contribution in [-0.4, -0.2) is 11.1 Å². The lowest BCUT2D eigenvalue weighted by molar-refractivity contribution is 0.509. The largest absolute Gasteiger partial charge is 0.251 e. The second kappa shape index (κ2) is 7.00. The molecule has 0 aliphatic rings. The highest BCUT2D eigenvalue weighted by atomic mass is 15.2. The fourth-order valence-corrected chi connectivity index (χ4v) is 1.36. The molecule has 0 amide bonds. The highest BCUT2D eigenvalue weighted by molar-refractivity contribution is 5.24. The van der Waals surface area contributed by atoms with Crippen LogP contribution < -0.4 is 0 Å². The van der Waals surface area contributed by atoms with Crippen LogP contribution >= 0.6 is 0 Å². The van der Waals surface area contributed by atoms with Crippen molar-refractivity contribution in [2.45, 2.75) is 50.6 Å². The average Bonchev–Trinajstić information content (AvgIpc) is 2.42. The Morgan fingerprint density at radius 3 is 1.17 bits per heavy atom. The minimum absolute atomic E-state index is 0.225. The summed E-state index contributed by atoms with van der Waals surface area (Å²) in [6.45, 7) is 3.62. The van der Waals surface area contributed by atoms with E-state index in [0.29, 0.717) is 12.8 Å².